The van der Waals surface area contributed by atoms with E-state index in [2.05, 4.69) is 4.98 Å². The molecule has 0 radical (unpaired) electrons. The van der Waals surface area contributed by atoms with E-state index < -0.39 is 0 Å². The molecule has 0 fully saturated rings. The van der Waals surface area contributed by atoms with Gasteiger partial charge in [0.15, 0.2) is 0 Å². The van der Waals surface area contributed by atoms with Crippen LogP contribution in [0.2, 0.25) is 0 Å². The lowest BCUT2D eigenvalue weighted by atomic mass is 10.2. The van der Waals surface area contributed by atoms with Crippen LogP contribution in [0.5, 0.6) is 5.88 Å². The molecule has 0 bridgehead atoms. The number of aromatic nitrogens is 1. The van der Waals surface area contributed by atoms with Crippen molar-refractivity contribution < 1.29 is 4.74 Å². The van der Waals surface area contributed by atoms with Crippen LogP contribution in [0.3, 0.4) is 0 Å². The van der Waals surface area contributed by atoms with Crippen LogP contribution in [-0.2, 0) is 0 Å². The number of methoxy groups -OCH3 is 1. The first-order valence-corrected chi connectivity index (χ1v) is 3.51. The molecule has 0 spiro atoms. The van der Waals surface area contributed by atoms with Gasteiger partial charge in [-0.2, -0.15) is 0 Å². The highest BCUT2D eigenvalue weighted by molar-refractivity contribution is 5.95. The first-order valence-electron chi connectivity index (χ1n) is 3.51. The molecular weight excluding hydrogens is 154 g/mol. The van der Waals surface area contributed by atoms with Gasteiger partial charge in [0, 0.05) is 11.6 Å². The van der Waals surface area contributed by atoms with Crippen LogP contribution in [0.25, 0.3) is 0 Å². The zero-order chi connectivity index (χ0) is 9.14. The molecule has 12 heavy (non-hydrogen) atoms. The Hall–Kier alpha value is -1.58. The van der Waals surface area contributed by atoms with Gasteiger partial charge in [-0.15, -0.1) is 0 Å². The van der Waals surface area contributed by atoms with Crippen LogP contribution in [0.15, 0.2) is 12.1 Å². The normalized spacial score (nSPS) is 9.50. The van der Waals surface area contributed by atoms with Crippen LogP contribution in [0, 0.1) is 12.3 Å². The van der Waals surface area contributed by atoms with Crippen molar-refractivity contribution in [3.05, 3.63) is 23.4 Å². The summed E-state index contributed by atoms with van der Waals surface area (Å²) in [6, 6.07) is 3.41. The molecule has 64 valence electrons. The van der Waals surface area contributed by atoms with Crippen molar-refractivity contribution in [1.29, 1.82) is 5.41 Å². The van der Waals surface area contributed by atoms with Crippen LogP contribution in [0.1, 0.15) is 11.3 Å². The summed E-state index contributed by atoms with van der Waals surface area (Å²) in [5.41, 5.74) is 6.67. The lowest BCUT2D eigenvalue weighted by molar-refractivity contribution is 0.397. The Balaban J connectivity index is 3.12. The van der Waals surface area contributed by atoms with Gasteiger partial charge in [0.1, 0.15) is 5.84 Å². The Morgan fingerprint density at radius 3 is 2.67 bits per heavy atom. The number of hydrogen-bond donors (Lipinski definition) is 2. The Labute approximate surface area is 70.9 Å². The summed E-state index contributed by atoms with van der Waals surface area (Å²) >= 11 is 0. The van der Waals surface area contributed by atoms with Gasteiger partial charge < -0.3 is 10.5 Å². The van der Waals surface area contributed by atoms with E-state index in [-0.39, 0.29) is 5.84 Å². The van der Waals surface area contributed by atoms with Crippen LogP contribution in [-0.4, -0.2) is 17.9 Å². The largest absolute Gasteiger partial charge is 0.481 e. The van der Waals surface area contributed by atoms with Crippen LogP contribution < -0.4 is 10.5 Å². The van der Waals surface area contributed by atoms with Gasteiger partial charge in [0.2, 0.25) is 5.88 Å². The number of pyridine rings is 1. The van der Waals surface area contributed by atoms with Gasteiger partial charge in [-0.3, -0.25) is 5.41 Å². The highest BCUT2D eigenvalue weighted by atomic mass is 16.5. The van der Waals surface area contributed by atoms with E-state index >= 15 is 0 Å². The summed E-state index contributed by atoms with van der Waals surface area (Å²) in [5, 5.41) is 7.20. The van der Waals surface area contributed by atoms with Gasteiger partial charge in [0.25, 0.3) is 0 Å². The SMILES string of the molecule is COc1ccc(C(=N)N)c(C)n1. The van der Waals surface area contributed by atoms with Crippen molar-refractivity contribution in [1.82, 2.24) is 4.98 Å². The number of hydrogen-bond acceptors (Lipinski definition) is 3. The molecule has 3 N–H and O–H groups in total. The maximum atomic E-state index is 7.20. The Morgan fingerprint density at radius 2 is 2.25 bits per heavy atom. The van der Waals surface area contributed by atoms with Crippen molar-refractivity contribution in [3.8, 4) is 5.88 Å². The van der Waals surface area contributed by atoms with Crippen LogP contribution >= 0.6 is 0 Å². The van der Waals surface area contributed by atoms with E-state index in [0.29, 0.717) is 17.1 Å². The fourth-order valence-corrected chi connectivity index (χ4v) is 0.936. The first-order chi connectivity index (χ1) is 5.65. The smallest absolute Gasteiger partial charge is 0.213 e. The Kier molecular flexibility index (Phi) is 2.28. The molecule has 0 saturated heterocycles. The molecular formula is C8H11N3O. The number of amidine groups is 1. The molecule has 1 aromatic heterocycles. The number of rotatable bonds is 2. The minimum atomic E-state index is 0.0302. The monoisotopic (exact) mass is 165 g/mol. The second-order valence-corrected chi connectivity index (χ2v) is 2.40. The molecule has 0 atom stereocenters. The van der Waals surface area contributed by atoms with Crippen molar-refractivity contribution >= 4 is 5.84 Å². The van der Waals surface area contributed by atoms with Crippen molar-refractivity contribution in [3.63, 3.8) is 0 Å². The van der Waals surface area contributed by atoms with E-state index in [1.54, 1.807) is 26.2 Å². The average molecular weight is 165 g/mol. The quantitative estimate of drug-likeness (QED) is 0.500. The predicted octanol–water partition coefficient (Wildman–Crippen LogP) is 0.683. The molecule has 1 heterocycles. The van der Waals surface area contributed by atoms with E-state index in [1.807, 2.05) is 0 Å². The fourth-order valence-electron chi connectivity index (χ4n) is 0.936. The standard InChI is InChI=1S/C8H11N3O/c1-5-6(8(9)10)3-4-7(11-5)12-2/h3-4H,1-2H3,(H3,9,10). The highest BCUT2D eigenvalue weighted by Crippen LogP contribution is 2.10. The maximum absolute atomic E-state index is 7.20. The van der Waals surface area contributed by atoms with Gasteiger partial charge in [-0.25, -0.2) is 4.98 Å². The topological polar surface area (TPSA) is 72.0 Å². The Morgan fingerprint density at radius 1 is 1.58 bits per heavy atom. The summed E-state index contributed by atoms with van der Waals surface area (Å²) in [5.74, 6) is 0.570. The minimum Gasteiger partial charge on any atom is -0.481 e. The van der Waals surface area contributed by atoms with Crippen molar-refractivity contribution in [2.45, 2.75) is 6.92 Å². The summed E-state index contributed by atoms with van der Waals surface area (Å²) in [6.07, 6.45) is 0. The third-order valence-corrected chi connectivity index (χ3v) is 1.56. The summed E-state index contributed by atoms with van der Waals surface area (Å²) < 4.78 is 4.91. The molecule has 1 rings (SSSR count). The molecule has 0 aliphatic heterocycles. The van der Waals surface area contributed by atoms with Crippen molar-refractivity contribution in [2.24, 2.45) is 5.73 Å². The maximum Gasteiger partial charge on any atom is 0.213 e. The average Bonchev–Trinajstić information content (AvgIpc) is 2.03. The van der Waals surface area contributed by atoms with Gasteiger partial charge >= 0.3 is 0 Å². The number of aryl methyl sites for hydroxylation is 1. The summed E-state index contributed by atoms with van der Waals surface area (Å²) in [6.45, 7) is 1.79. The van der Waals surface area contributed by atoms with E-state index in [4.69, 9.17) is 15.9 Å². The molecule has 1 aromatic rings. The minimum absolute atomic E-state index is 0.0302. The lowest BCUT2D eigenvalue weighted by Gasteiger charge is -2.04. The zero-order valence-corrected chi connectivity index (χ0v) is 7.09. The zero-order valence-electron chi connectivity index (χ0n) is 7.09. The second-order valence-electron chi connectivity index (χ2n) is 2.40. The van der Waals surface area contributed by atoms with Gasteiger partial charge in [-0.05, 0) is 13.0 Å². The molecule has 4 nitrogen and oxygen atoms in total. The summed E-state index contributed by atoms with van der Waals surface area (Å²) in [7, 11) is 1.55. The van der Waals surface area contributed by atoms with E-state index in [9.17, 15) is 0 Å². The molecule has 0 amide bonds. The number of nitrogens with one attached hydrogen (secondary N) is 1. The van der Waals surface area contributed by atoms with Crippen molar-refractivity contribution in [2.75, 3.05) is 7.11 Å². The second kappa shape index (κ2) is 3.21. The number of nitrogens with two attached hydrogens (primary N) is 1. The third-order valence-electron chi connectivity index (χ3n) is 1.56. The first kappa shape index (κ1) is 8.52. The molecule has 0 aromatic carbocycles. The van der Waals surface area contributed by atoms with E-state index in [1.165, 1.54) is 0 Å². The number of ether oxygens (including phenoxy) is 1. The molecule has 0 aliphatic carbocycles. The molecule has 0 aliphatic rings. The highest BCUT2D eigenvalue weighted by Gasteiger charge is 2.03. The molecule has 0 unspecified atom stereocenters. The molecule has 0 saturated carbocycles. The fraction of sp³-hybridized carbons (Fsp3) is 0.250. The number of nitrogen functional groups attached to an aromatic ring is 1. The van der Waals surface area contributed by atoms with Crippen LogP contribution in [0.4, 0.5) is 0 Å². The molecule has 4 heteroatoms. The lowest BCUT2D eigenvalue weighted by Crippen LogP contribution is -2.13. The number of nitrogens with zero attached hydrogens (tertiary/aromatic N) is 1. The predicted molar refractivity (Wildman–Crippen MR) is 46.5 cm³/mol. The van der Waals surface area contributed by atoms with Gasteiger partial charge in [-0.1, -0.05) is 0 Å². The third kappa shape index (κ3) is 1.53. The van der Waals surface area contributed by atoms with Gasteiger partial charge in [0.05, 0.1) is 12.8 Å². The Bertz CT molecular complexity index is 309. The summed E-state index contributed by atoms with van der Waals surface area (Å²) in [4.78, 5) is 4.07. The van der Waals surface area contributed by atoms with E-state index in [0.717, 1.165) is 0 Å².